The second-order valence-corrected chi connectivity index (χ2v) is 3.50. The van der Waals surface area contributed by atoms with Crippen molar-refractivity contribution in [1.29, 1.82) is 0 Å². The Morgan fingerprint density at radius 2 is 1.83 bits per heavy atom. The Labute approximate surface area is 71.8 Å². The van der Waals surface area contributed by atoms with Crippen molar-refractivity contribution < 1.29 is 4.39 Å². The van der Waals surface area contributed by atoms with E-state index in [9.17, 15) is 4.39 Å². The number of hydrogen-bond acceptors (Lipinski definition) is 1. The Hall–Kier alpha value is -0.890. The van der Waals surface area contributed by atoms with Crippen LogP contribution >= 0.6 is 0 Å². The molecule has 1 aliphatic rings. The van der Waals surface area contributed by atoms with Gasteiger partial charge in [0.1, 0.15) is 0 Å². The highest BCUT2D eigenvalue weighted by molar-refractivity contribution is 5.26. The zero-order valence-corrected chi connectivity index (χ0v) is 7.13. The van der Waals surface area contributed by atoms with Crippen molar-refractivity contribution in [3.05, 3.63) is 35.9 Å². The Morgan fingerprint density at radius 1 is 1.25 bits per heavy atom. The normalized spacial score (nSPS) is 21.8. The minimum absolute atomic E-state index is 0.525. The van der Waals surface area contributed by atoms with Crippen LogP contribution in [0.2, 0.25) is 0 Å². The van der Waals surface area contributed by atoms with Crippen LogP contribution in [0.5, 0.6) is 0 Å². The Kier molecular flexibility index (Phi) is 1.65. The molecule has 0 N–H and O–H groups in total. The van der Waals surface area contributed by atoms with Gasteiger partial charge in [-0.1, -0.05) is 30.3 Å². The van der Waals surface area contributed by atoms with Crippen molar-refractivity contribution in [2.45, 2.75) is 5.67 Å². The molecule has 12 heavy (non-hydrogen) atoms. The molecule has 0 spiro atoms. The molecule has 1 aliphatic heterocycles. The summed E-state index contributed by atoms with van der Waals surface area (Å²) in [5.74, 6) is 0. The zero-order chi connectivity index (χ0) is 8.60. The van der Waals surface area contributed by atoms with Crippen molar-refractivity contribution in [3.63, 3.8) is 0 Å². The monoisotopic (exact) mass is 165 g/mol. The van der Waals surface area contributed by atoms with E-state index in [2.05, 4.69) is 0 Å². The van der Waals surface area contributed by atoms with Gasteiger partial charge in [0.15, 0.2) is 5.67 Å². The lowest BCUT2D eigenvalue weighted by atomic mass is 9.89. The fourth-order valence-corrected chi connectivity index (χ4v) is 1.73. The molecule has 1 nitrogen and oxygen atoms in total. The highest BCUT2D eigenvalue weighted by Gasteiger charge is 2.42. The Balaban J connectivity index is 2.21. The molecule has 0 amide bonds. The lowest BCUT2D eigenvalue weighted by Gasteiger charge is -2.42. The summed E-state index contributed by atoms with van der Waals surface area (Å²) in [6.45, 7) is 1.05. The molecule has 1 aromatic carbocycles. The quantitative estimate of drug-likeness (QED) is 0.613. The highest BCUT2D eigenvalue weighted by Crippen LogP contribution is 2.34. The van der Waals surface area contributed by atoms with Crippen LogP contribution < -0.4 is 0 Å². The van der Waals surface area contributed by atoms with Gasteiger partial charge >= 0.3 is 0 Å². The first-order valence-corrected chi connectivity index (χ1v) is 4.14. The van der Waals surface area contributed by atoms with E-state index in [1.807, 2.05) is 42.3 Å². The predicted octanol–water partition coefficient (Wildman–Crippen LogP) is 1.80. The van der Waals surface area contributed by atoms with Crippen molar-refractivity contribution in [1.82, 2.24) is 4.90 Å². The predicted molar refractivity (Wildman–Crippen MR) is 46.7 cm³/mol. The summed E-state index contributed by atoms with van der Waals surface area (Å²) in [5, 5.41) is 0. The maximum absolute atomic E-state index is 13.8. The summed E-state index contributed by atoms with van der Waals surface area (Å²) < 4.78 is 13.8. The van der Waals surface area contributed by atoms with E-state index >= 15 is 0 Å². The topological polar surface area (TPSA) is 3.24 Å². The van der Waals surface area contributed by atoms with Crippen LogP contribution in [0.1, 0.15) is 5.56 Å². The molecular formula is C10H12FN. The third kappa shape index (κ3) is 1.12. The molecule has 0 aliphatic carbocycles. The molecule has 0 bridgehead atoms. The molecule has 0 radical (unpaired) electrons. The van der Waals surface area contributed by atoms with Crippen LogP contribution in [-0.2, 0) is 5.67 Å². The van der Waals surface area contributed by atoms with Crippen molar-refractivity contribution in [3.8, 4) is 0 Å². The third-order valence-corrected chi connectivity index (χ3v) is 2.33. The summed E-state index contributed by atoms with van der Waals surface area (Å²) in [7, 11) is 1.93. The molecule has 0 aromatic heterocycles. The summed E-state index contributed by atoms with van der Waals surface area (Å²) in [5.41, 5.74) is -0.279. The van der Waals surface area contributed by atoms with Gasteiger partial charge in [0, 0.05) is 13.1 Å². The Morgan fingerprint density at radius 3 is 2.33 bits per heavy atom. The molecule has 1 saturated heterocycles. The van der Waals surface area contributed by atoms with Gasteiger partial charge in [0.25, 0.3) is 0 Å². The molecule has 0 saturated carbocycles. The lowest BCUT2D eigenvalue weighted by Crippen LogP contribution is -2.54. The first kappa shape index (κ1) is 7.74. The lowest BCUT2D eigenvalue weighted by molar-refractivity contribution is -0.0194. The first-order chi connectivity index (χ1) is 5.71. The smallest absolute Gasteiger partial charge is 0.161 e. The van der Waals surface area contributed by atoms with Gasteiger partial charge in [-0.25, -0.2) is 4.39 Å². The van der Waals surface area contributed by atoms with E-state index in [1.54, 1.807) is 0 Å². The van der Waals surface area contributed by atoms with E-state index in [-0.39, 0.29) is 0 Å². The SMILES string of the molecule is CN1CC(F)(c2ccccc2)C1. The van der Waals surface area contributed by atoms with Gasteiger partial charge in [-0.3, -0.25) is 4.90 Å². The van der Waals surface area contributed by atoms with Gasteiger partial charge in [0.05, 0.1) is 0 Å². The fraction of sp³-hybridized carbons (Fsp3) is 0.400. The zero-order valence-electron chi connectivity index (χ0n) is 7.13. The average Bonchev–Trinajstić information content (AvgIpc) is 2.04. The number of likely N-dealkylation sites (N-methyl/N-ethyl adjacent to an activating group) is 1. The van der Waals surface area contributed by atoms with Crippen LogP contribution in [0.4, 0.5) is 4.39 Å². The Bertz CT molecular complexity index is 264. The summed E-state index contributed by atoms with van der Waals surface area (Å²) in [4.78, 5) is 1.98. The second-order valence-electron chi connectivity index (χ2n) is 3.50. The fourth-order valence-electron chi connectivity index (χ4n) is 1.73. The van der Waals surface area contributed by atoms with Gasteiger partial charge in [0.2, 0.25) is 0 Å². The van der Waals surface area contributed by atoms with E-state index in [0.717, 1.165) is 5.56 Å². The number of alkyl halides is 1. The molecule has 1 fully saturated rings. The standard InChI is InChI=1S/C10H12FN/c1-12-7-10(11,8-12)9-5-3-2-4-6-9/h2-6H,7-8H2,1H3. The van der Waals surface area contributed by atoms with Crippen LogP contribution in [-0.4, -0.2) is 25.0 Å². The molecule has 64 valence electrons. The molecule has 2 rings (SSSR count). The van der Waals surface area contributed by atoms with Crippen molar-refractivity contribution in [2.24, 2.45) is 0 Å². The number of rotatable bonds is 1. The van der Waals surface area contributed by atoms with Gasteiger partial charge < -0.3 is 0 Å². The highest BCUT2D eigenvalue weighted by atomic mass is 19.1. The molecule has 1 heterocycles. The molecule has 1 aromatic rings. The van der Waals surface area contributed by atoms with E-state index < -0.39 is 5.67 Å². The van der Waals surface area contributed by atoms with Crippen LogP contribution in [0.3, 0.4) is 0 Å². The van der Waals surface area contributed by atoms with Gasteiger partial charge in [-0.2, -0.15) is 0 Å². The maximum atomic E-state index is 13.8. The van der Waals surface area contributed by atoms with Gasteiger partial charge in [-0.05, 0) is 12.6 Å². The minimum atomic E-state index is -1.09. The third-order valence-electron chi connectivity index (χ3n) is 2.33. The van der Waals surface area contributed by atoms with Crippen molar-refractivity contribution in [2.75, 3.05) is 20.1 Å². The summed E-state index contributed by atoms with van der Waals surface area (Å²) in [6, 6.07) is 9.39. The molecule has 0 unspecified atom stereocenters. The number of benzene rings is 1. The largest absolute Gasteiger partial charge is 0.299 e. The van der Waals surface area contributed by atoms with Crippen molar-refractivity contribution >= 4 is 0 Å². The number of hydrogen-bond donors (Lipinski definition) is 0. The summed E-state index contributed by atoms with van der Waals surface area (Å²) in [6.07, 6.45) is 0. The number of likely N-dealkylation sites (tertiary alicyclic amines) is 1. The van der Waals surface area contributed by atoms with Crippen LogP contribution in [0.25, 0.3) is 0 Å². The maximum Gasteiger partial charge on any atom is 0.161 e. The van der Waals surface area contributed by atoms with Crippen LogP contribution in [0.15, 0.2) is 30.3 Å². The average molecular weight is 165 g/mol. The summed E-state index contributed by atoms with van der Waals surface area (Å²) >= 11 is 0. The van der Waals surface area contributed by atoms with Crippen LogP contribution in [0, 0.1) is 0 Å². The second kappa shape index (κ2) is 2.56. The van der Waals surface area contributed by atoms with E-state index in [4.69, 9.17) is 0 Å². The number of nitrogens with zero attached hydrogens (tertiary/aromatic N) is 1. The first-order valence-electron chi connectivity index (χ1n) is 4.14. The molecule has 0 atom stereocenters. The molecular weight excluding hydrogens is 153 g/mol. The number of halogens is 1. The minimum Gasteiger partial charge on any atom is -0.299 e. The molecule has 2 heteroatoms. The van der Waals surface area contributed by atoms with Gasteiger partial charge in [-0.15, -0.1) is 0 Å². The van der Waals surface area contributed by atoms with E-state index in [1.165, 1.54) is 0 Å². The van der Waals surface area contributed by atoms with E-state index in [0.29, 0.717) is 13.1 Å².